The number of aryl methyl sites for hydroxylation is 1. The van der Waals surface area contributed by atoms with Crippen molar-refractivity contribution in [3.05, 3.63) is 52.8 Å². The number of carbonyl (C=O) groups excluding carboxylic acids is 1. The minimum atomic E-state index is -0.396. The van der Waals surface area contributed by atoms with Crippen LogP contribution in [0.2, 0.25) is 5.02 Å². The van der Waals surface area contributed by atoms with Crippen LogP contribution in [0.1, 0.15) is 23.9 Å². The maximum absolute atomic E-state index is 13.9. The summed E-state index contributed by atoms with van der Waals surface area (Å²) in [7, 11) is 3.73. The Morgan fingerprint density at radius 1 is 1.42 bits per heavy atom. The predicted octanol–water partition coefficient (Wildman–Crippen LogP) is 2.52. The van der Waals surface area contributed by atoms with Crippen molar-refractivity contribution >= 4 is 17.5 Å². The highest BCUT2D eigenvalue weighted by Gasteiger charge is 2.40. The van der Waals surface area contributed by atoms with Crippen LogP contribution in [0.3, 0.4) is 0 Å². The Bertz CT molecular complexity index is 748. The number of amides is 1. The maximum Gasteiger partial charge on any atom is 0.223 e. The molecule has 7 heteroatoms. The standard InChI is InChI=1S/C17H20ClFN4O/c1-22-7-6-21-17(22)16-12(8-14(24)23(16)2)10-20-9-11-4-3-5-13(18)15(11)19/h3-7,12,16,20H,8-10H2,1-2H3/t12-,16+/m0/s1. The molecule has 0 unspecified atom stereocenters. The van der Waals surface area contributed by atoms with Gasteiger partial charge in [-0.2, -0.15) is 0 Å². The Morgan fingerprint density at radius 3 is 2.92 bits per heavy atom. The molecule has 1 aliphatic heterocycles. The van der Waals surface area contributed by atoms with Gasteiger partial charge in [-0.3, -0.25) is 4.79 Å². The second-order valence-electron chi connectivity index (χ2n) is 6.15. The van der Waals surface area contributed by atoms with Gasteiger partial charge in [0.05, 0.1) is 11.1 Å². The summed E-state index contributed by atoms with van der Waals surface area (Å²) in [6, 6.07) is 4.89. The Hall–Kier alpha value is -1.92. The fourth-order valence-electron chi connectivity index (χ4n) is 3.26. The molecule has 1 N–H and O–H groups in total. The fraction of sp³-hybridized carbons (Fsp3) is 0.412. The van der Waals surface area contributed by atoms with Crippen molar-refractivity contribution < 1.29 is 9.18 Å². The summed E-state index contributed by atoms with van der Waals surface area (Å²) in [4.78, 5) is 18.3. The van der Waals surface area contributed by atoms with Gasteiger partial charge in [-0.25, -0.2) is 9.37 Å². The Kier molecular flexibility index (Phi) is 4.87. The highest BCUT2D eigenvalue weighted by atomic mass is 35.5. The number of carbonyl (C=O) groups is 1. The Labute approximate surface area is 145 Å². The van der Waals surface area contributed by atoms with Gasteiger partial charge in [0, 0.05) is 57.5 Å². The molecule has 0 radical (unpaired) electrons. The highest BCUT2D eigenvalue weighted by molar-refractivity contribution is 6.30. The number of nitrogens with one attached hydrogen (secondary N) is 1. The second kappa shape index (κ2) is 6.91. The number of aromatic nitrogens is 2. The van der Waals surface area contributed by atoms with Crippen LogP contribution in [0.5, 0.6) is 0 Å². The van der Waals surface area contributed by atoms with Crippen molar-refractivity contribution in [1.29, 1.82) is 0 Å². The number of nitrogens with zero attached hydrogens (tertiary/aromatic N) is 3. The van der Waals surface area contributed by atoms with Gasteiger partial charge in [0.25, 0.3) is 0 Å². The second-order valence-corrected chi connectivity index (χ2v) is 6.56. The lowest BCUT2D eigenvalue weighted by Gasteiger charge is -2.24. The molecule has 1 amide bonds. The molecule has 2 aromatic rings. The van der Waals surface area contributed by atoms with E-state index in [-0.39, 0.29) is 22.9 Å². The van der Waals surface area contributed by atoms with E-state index in [4.69, 9.17) is 11.6 Å². The first-order valence-electron chi connectivity index (χ1n) is 7.85. The predicted molar refractivity (Wildman–Crippen MR) is 89.9 cm³/mol. The van der Waals surface area contributed by atoms with Gasteiger partial charge in [-0.05, 0) is 6.07 Å². The number of imidazole rings is 1. The lowest BCUT2D eigenvalue weighted by Crippen LogP contribution is -2.31. The molecule has 2 heterocycles. The maximum atomic E-state index is 13.9. The summed E-state index contributed by atoms with van der Waals surface area (Å²) >= 11 is 5.80. The van der Waals surface area contributed by atoms with Gasteiger partial charge >= 0.3 is 0 Å². The lowest BCUT2D eigenvalue weighted by molar-refractivity contribution is -0.127. The largest absolute Gasteiger partial charge is 0.336 e. The highest BCUT2D eigenvalue weighted by Crippen LogP contribution is 2.35. The van der Waals surface area contributed by atoms with E-state index in [1.165, 1.54) is 6.07 Å². The smallest absolute Gasteiger partial charge is 0.223 e. The normalized spacial score (nSPS) is 20.8. The molecule has 1 aromatic heterocycles. The third-order valence-corrected chi connectivity index (χ3v) is 4.86. The van der Waals surface area contributed by atoms with E-state index >= 15 is 0 Å². The van der Waals surface area contributed by atoms with Crippen molar-refractivity contribution in [3.63, 3.8) is 0 Å². The summed E-state index contributed by atoms with van der Waals surface area (Å²) < 4.78 is 15.9. The first kappa shape index (κ1) is 16.9. The molecule has 128 valence electrons. The van der Waals surface area contributed by atoms with E-state index in [1.807, 2.05) is 17.8 Å². The average Bonchev–Trinajstić information content (AvgIpc) is 3.08. The van der Waals surface area contributed by atoms with Crippen LogP contribution in [0.25, 0.3) is 0 Å². The van der Waals surface area contributed by atoms with E-state index in [2.05, 4.69) is 10.3 Å². The molecule has 1 aromatic carbocycles. The minimum absolute atomic E-state index is 0.0748. The van der Waals surface area contributed by atoms with Gasteiger partial charge in [0.1, 0.15) is 11.6 Å². The molecule has 0 bridgehead atoms. The average molecular weight is 351 g/mol. The number of benzene rings is 1. The van der Waals surface area contributed by atoms with Crippen LogP contribution in [0, 0.1) is 11.7 Å². The molecule has 1 saturated heterocycles. The molecule has 0 spiro atoms. The van der Waals surface area contributed by atoms with Crippen LogP contribution in [0.4, 0.5) is 4.39 Å². The topological polar surface area (TPSA) is 50.2 Å². The molecule has 24 heavy (non-hydrogen) atoms. The van der Waals surface area contributed by atoms with Crippen molar-refractivity contribution in [2.75, 3.05) is 13.6 Å². The number of halogens is 2. The first-order valence-corrected chi connectivity index (χ1v) is 8.23. The molecule has 0 aliphatic carbocycles. The SMILES string of the molecule is CN1C(=O)C[C@@H](CNCc2cccc(Cl)c2F)[C@@H]1c1nccn1C. The first-order chi connectivity index (χ1) is 11.5. The number of rotatable bonds is 5. The lowest BCUT2D eigenvalue weighted by atomic mass is 9.99. The fourth-order valence-corrected chi connectivity index (χ4v) is 3.45. The van der Waals surface area contributed by atoms with Crippen molar-refractivity contribution in [2.45, 2.75) is 19.0 Å². The Morgan fingerprint density at radius 2 is 2.21 bits per heavy atom. The summed E-state index contributed by atoms with van der Waals surface area (Å²) in [6.45, 7) is 0.966. The monoisotopic (exact) mass is 350 g/mol. The van der Waals surface area contributed by atoms with Crippen molar-refractivity contribution in [1.82, 2.24) is 19.8 Å². The van der Waals surface area contributed by atoms with Gasteiger partial charge in [0.2, 0.25) is 5.91 Å². The molecular weight excluding hydrogens is 331 g/mol. The van der Waals surface area contributed by atoms with Gasteiger partial charge in [-0.15, -0.1) is 0 Å². The van der Waals surface area contributed by atoms with E-state index in [1.54, 1.807) is 30.3 Å². The zero-order valence-electron chi connectivity index (χ0n) is 13.7. The number of hydrogen-bond donors (Lipinski definition) is 1. The van der Waals surface area contributed by atoms with E-state index < -0.39 is 5.82 Å². The molecule has 3 rings (SSSR count). The summed E-state index contributed by atoms with van der Waals surface area (Å²) in [5.74, 6) is 0.658. The van der Waals surface area contributed by atoms with Crippen LogP contribution in [-0.2, 0) is 18.4 Å². The molecule has 1 fully saturated rings. The zero-order chi connectivity index (χ0) is 17.3. The number of hydrogen-bond acceptors (Lipinski definition) is 3. The third kappa shape index (κ3) is 3.16. The van der Waals surface area contributed by atoms with E-state index in [0.29, 0.717) is 25.1 Å². The van der Waals surface area contributed by atoms with Crippen LogP contribution in [0.15, 0.2) is 30.6 Å². The third-order valence-electron chi connectivity index (χ3n) is 4.57. The molecule has 5 nitrogen and oxygen atoms in total. The molecule has 2 atom stereocenters. The molecule has 1 aliphatic rings. The zero-order valence-corrected chi connectivity index (χ0v) is 14.4. The van der Waals surface area contributed by atoms with Crippen LogP contribution in [-0.4, -0.2) is 34.0 Å². The van der Waals surface area contributed by atoms with Crippen molar-refractivity contribution in [3.8, 4) is 0 Å². The van der Waals surface area contributed by atoms with E-state index in [0.717, 1.165) is 5.82 Å². The minimum Gasteiger partial charge on any atom is -0.336 e. The van der Waals surface area contributed by atoms with E-state index in [9.17, 15) is 9.18 Å². The van der Waals surface area contributed by atoms with Gasteiger partial charge in [-0.1, -0.05) is 23.7 Å². The van der Waals surface area contributed by atoms with Crippen molar-refractivity contribution in [2.24, 2.45) is 13.0 Å². The van der Waals surface area contributed by atoms with Gasteiger partial charge in [0.15, 0.2) is 0 Å². The summed E-state index contributed by atoms with van der Waals surface area (Å²) in [5, 5.41) is 3.37. The van der Waals surface area contributed by atoms with Gasteiger partial charge < -0.3 is 14.8 Å². The number of likely N-dealkylation sites (tertiary alicyclic amines) is 1. The summed E-state index contributed by atoms with van der Waals surface area (Å²) in [5.41, 5.74) is 0.522. The summed E-state index contributed by atoms with van der Waals surface area (Å²) in [6.07, 6.45) is 4.06. The molecular formula is C17H20ClFN4O. The molecule has 0 saturated carbocycles. The van der Waals surface area contributed by atoms with Crippen LogP contribution >= 0.6 is 11.6 Å². The Balaban J connectivity index is 1.68. The quantitative estimate of drug-likeness (QED) is 0.901. The van der Waals surface area contributed by atoms with Crippen LogP contribution < -0.4 is 5.32 Å².